The van der Waals surface area contributed by atoms with E-state index in [1.165, 1.54) is 11.8 Å². The second-order valence-corrected chi connectivity index (χ2v) is 6.76. The smallest absolute Gasteiger partial charge is 0.317 e. The van der Waals surface area contributed by atoms with Crippen LogP contribution in [0, 0.1) is 5.92 Å². The number of nitrogens with zero attached hydrogens (tertiary/aromatic N) is 2. The van der Waals surface area contributed by atoms with Gasteiger partial charge in [0, 0.05) is 5.56 Å². The van der Waals surface area contributed by atoms with E-state index in [-0.39, 0.29) is 18.5 Å². The van der Waals surface area contributed by atoms with Gasteiger partial charge in [-0.1, -0.05) is 30.0 Å². The molecule has 0 spiro atoms. The Morgan fingerprint density at radius 3 is 3.09 bits per heavy atom. The minimum absolute atomic E-state index is 0.0354. The second-order valence-electron chi connectivity index (χ2n) is 5.82. The average molecular weight is 332 g/mol. The largest absolute Gasteiger partial charge is 0.466 e. The normalized spacial score (nSPS) is 31.0. The lowest BCUT2D eigenvalue weighted by Crippen LogP contribution is -2.59. The molecular weight excluding hydrogens is 316 g/mol. The van der Waals surface area contributed by atoms with E-state index in [1.54, 1.807) is 18.7 Å². The minimum Gasteiger partial charge on any atom is -0.466 e. The molecule has 23 heavy (non-hydrogen) atoms. The molecule has 1 aromatic carbocycles. The summed E-state index contributed by atoms with van der Waals surface area (Å²) in [6, 6.07) is 7.06. The van der Waals surface area contributed by atoms with Crippen LogP contribution in [0.5, 0.6) is 5.75 Å². The Kier molecular flexibility index (Phi) is 3.16. The van der Waals surface area contributed by atoms with Gasteiger partial charge in [0.1, 0.15) is 11.7 Å². The van der Waals surface area contributed by atoms with Gasteiger partial charge in [-0.2, -0.15) is 0 Å². The molecule has 1 fully saturated rings. The van der Waals surface area contributed by atoms with Gasteiger partial charge in [0.2, 0.25) is 11.6 Å². The van der Waals surface area contributed by atoms with E-state index in [4.69, 9.17) is 9.47 Å². The Hall–Kier alpha value is -2.02. The monoisotopic (exact) mass is 332 g/mol. The number of hydrogen-bond donors (Lipinski definition) is 0. The van der Waals surface area contributed by atoms with Crippen molar-refractivity contribution in [2.45, 2.75) is 25.6 Å². The molecule has 0 unspecified atom stereocenters. The molecule has 3 aliphatic heterocycles. The maximum absolute atomic E-state index is 12.6. The molecule has 0 N–H and O–H groups in total. The fourth-order valence-electron chi connectivity index (χ4n) is 3.46. The van der Waals surface area contributed by atoms with Crippen LogP contribution in [-0.2, 0) is 14.3 Å². The standard InChI is InChI=1S/C16H16N2O4S/c1-3-21-14(20)12-13-9-6-4-5-7-10(9)22-16(12,2)17-15-18(13)11(19)8-23-15/h4-7,12-13H,3,8H2,1-2H3/t12-,13+,16-/m0/s1. The van der Waals surface area contributed by atoms with Gasteiger partial charge in [0.15, 0.2) is 5.17 Å². The zero-order chi connectivity index (χ0) is 16.2. The number of para-hydroxylation sites is 1. The second kappa shape index (κ2) is 4.99. The molecule has 3 aliphatic rings. The maximum atomic E-state index is 12.6. The van der Waals surface area contributed by atoms with Gasteiger partial charge in [-0.05, 0) is 19.9 Å². The summed E-state index contributed by atoms with van der Waals surface area (Å²) in [4.78, 5) is 31.2. The zero-order valence-electron chi connectivity index (χ0n) is 12.8. The lowest BCUT2D eigenvalue weighted by Gasteiger charge is -2.48. The van der Waals surface area contributed by atoms with Crippen molar-refractivity contribution < 1.29 is 19.1 Å². The highest BCUT2D eigenvalue weighted by Crippen LogP contribution is 2.52. The van der Waals surface area contributed by atoms with Crippen LogP contribution in [0.3, 0.4) is 0 Å². The third kappa shape index (κ3) is 1.99. The molecule has 0 aromatic heterocycles. The zero-order valence-corrected chi connectivity index (χ0v) is 13.6. The van der Waals surface area contributed by atoms with Gasteiger partial charge in [-0.15, -0.1) is 0 Å². The maximum Gasteiger partial charge on any atom is 0.317 e. The van der Waals surface area contributed by atoms with E-state index in [0.717, 1.165) is 5.56 Å². The molecule has 3 atom stereocenters. The number of benzene rings is 1. The molecular formula is C16H16N2O4S. The summed E-state index contributed by atoms with van der Waals surface area (Å²) in [6.45, 7) is 3.82. The molecule has 1 saturated heterocycles. The predicted octanol–water partition coefficient (Wildman–Crippen LogP) is 1.96. The van der Waals surface area contributed by atoms with Crippen LogP contribution in [0.1, 0.15) is 25.5 Å². The van der Waals surface area contributed by atoms with Crippen molar-refractivity contribution in [2.24, 2.45) is 10.9 Å². The van der Waals surface area contributed by atoms with Crippen LogP contribution < -0.4 is 4.74 Å². The van der Waals surface area contributed by atoms with Gasteiger partial charge in [-0.3, -0.25) is 14.5 Å². The summed E-state index contributed by atoms with van der Waals surface area (Å²) in [6.07, 6.45) is 0. The molecule has 120 valence electrons. The highest BCUT2D eigenvalue weighted by Gasteiger charge is 2.60. The predicted molar refractivity (Wildman–Crippen MR) is 85.1 cm³/mol. The summed E-state index contributed by atoms with van der Waals surface area (Å²) in [5.74, 6) is -0.103. The van der Waals surface area contributed by atoms with Crippen molar-refractivity contribution in [3.63, 3.8) is 0 Å². The Labute approximate surface area is 137 Å². The molecule has 1 aromatic rings. The topological polar surface area (TPSA) is 68.2 Å². The summed E-state index contributed by atoms with van der Waals surface area (Å²) < 4.78 is 11.3. The molecule has 1 amide bonds. The molecule has 2 bridgehead atoms. The summed E-state index contributed by atoms with van der Waals surface area (Å²) in [5.41, 5.74) is -0.236. The Balaban J connectivity index is 1.92. The van der Waals surface area contributed by atoms with Crippen molar-refractivity contribution in [1.82, 2.24) is 4.90 Å². The molecule has 3 heterocycles. The number of amides is 1. The molecule has 0 saturated carbocycles. The van der Waals surface area contributed by atoms with E-state index >= 15 is 0 Å². The molecule has 7 heteroatoms. The van der Waals surface area contributed by atoms with Crippen molar-refractivity contribution in [2.75, 3.05) is 12.4 Å². The fraction of sp³-hybridized carbons (Fsp3) is 0.438. The van der Waals surface area contributed by atoms with E-state index in [2.05, 4.69) is 4.99 Å². The van der Waals surface area contributed by atoms with E-state index < -0.39 is 17.7 Å². The van der Waals surface area contributed by atoms with Crippen molar-refractivity contribution in [1.29, 1.82) is 0 Å². The Morgan fingerprint density at radius 1 is 1.52 bits per heavy atom. The van der Waals surface area contributed by atoms with Crippen LogP contribution in [0.15, 0.2) is 29.3 Å². The van der Waals surface area contributed by atoms with Crippen molar-refractivity contribution >= 4 is 28.8 Å². The first-order valence-corrected chi connectivity index (χ1v) is 8.53. The number of amidine groups is 1. The third-order valence-electron chi connectivity index (χ3n) is 4.38. The van der Waals surface area contributed by atoms with E-state index in [0.29, 0.717) is 16.7 Å². The lowest BCUT2D eigenvalue weighted by atomic mass is 9.80. The summed E-state index contributed by atoms with van der Waals surface area (Å²) in [5, 5.41) is 0.623. The van der Waals surface area contributed by atoms with E-state index in [1.807, 2.05) is 24.3 Å². The number of carbonyl (C=O) groups is 2. The third-order valence-corrected chi connectivity index (χ3v) is 5.32. The molecule has 0 aliphatic carbocycles. The number of carbonyl (C=O) groups excluding carboxylic acids is 2. The lowest BCUT2D eigenvalue weighted by molar-refractivity contribution is -0.163. The fourth-order valence-corrected chi connectivity index (χ4v) is 4.45. The first kappa shape index (κ1) is 14.6. The van der Waals surface area contributed by atoms with Gasteiger partial charge in [0.05, 0.1) is 18.4 Å². The first-order valence-electron chi connectivity index (χ1n) is 7.54. The Bertz CT molecular complexity index is 735. The number of ether oxygens (including phenoxy) is 2. The van der Waals surface area contributed by atoms with Crippen LogP contribution in [0.25, 0.3) is 0 Å². The minimum atomic E-state index is -1.06. The van der Waals surface area contributed by atoms with E-state index in [9.17, 15) is 9.59 Å². The number of esters is 1. The first-order chi connectivity index (χ1) is 11.0. The van der Waals surface area contributed by atoms with Crippen LogP contribution in [0.4, 0.5) is 0 Å². The average Bonchev–Trinajstić information content (AvgIpc) is 2.86. The van der Waals surface area contributed by atoms with Crippen LogP contribution in [0.2, 0.25) is 0 Å². The molecule has 6 nitrogen and oxygen atoms in total. The van der Waals surface area contributed by atoms with Crippen molar-refractivity contribution in [3.8, 4) is 5.75 Å². The SMILES string of the molecule is CCOC(=O)[C@@H]1[C@H]2c3ccccc3O[C@]1(C)N=C1SCC(=O)N12. The summed E-state index contributed by atoms with van der Waals surface area (Å²) in [7, 11) is 0. The quantitative estimate of drug-likeness (QED) is 0.775. The highest BCUT2D eigenvalue weighted by atomic mass is 32.2. The molecule has 0 radical (unpaired) electrons. The highest BCUT2D eigenvalue weighted by molar-refractivity contribution is 8.15. The molecule has 4 rings (SSSR count). The summed E-state index contributed by atoms with van der Waals surface area (Å²) >= 11 is 1.39. The number of rotatable bonds is 2. The number of fused-ring (bicyclic) bond motifs is 6. The number of thioether (sulfide) groups is 1. The van der Waals surface area contributed by atoms with Gasteiger partial charge in [-0.25, -0.2) is 4.99 Å². The van der Waals surface area contributed by atoms with Crippen molar-refractivity contribution in [3.05, 3.63) is 29.8 Å². The number of hydrogen-bond acceptors (Lipinski definition) is 6. The van der Waals surface area contributed by atoms with Gasteiger partial charge >= 0.3 is 5.97 Å². The van der Waals surface area contributed by atoms with Crippen LogP contribution >= 0.6 is 11.8 Å². The van der Waals surface area contributed by atoms with Crippen LogP contribution in [-0.4, -0.2) is 40.0 Å². The Morgan fingerprint density at radius 2 is 2.30 bits per heavy atom. The van der Waals surface area contributed by atoms with Gasteiger partial charge < -0.3 is 9.47 Å². The number of aliphatic imine (C=N–C) groups is 1. The van der Waals surface area contributed by atoms with Gasteiger partial charge in [0.25, 0.3) is 0 Å².